The Morgan fingerprint density at radius 2 is 2.10 bits per heavy atom. The number of carbonyl (C=O) groups is 1. The third-order valence-corrected chi connectivity index (χ3v) is 4.96. The number of aromatic nitrogens is 2. The smallest absolute Gasteiger partial charge is 0.258 e. The maximum atomic E-state index is 13.9. The van der Waals surface area contributed by atoms with Crippen LogP contribution >= 0.6 is 27.5 Å². The van der Waals surface area contributed by atoms with Crippen LogP contribution in [0.15, 0.2) is 51.7 Å². The maximum Gasteiger partial charge on any atom is 0.258 e. The van der Waals surface area contributed by atoms with Gasteiger partial charge in [0.1, 0.15) is 11.6 Å². The first-order chi connectivity index (χ1) is 13.9. The Bertz CT molecular complexity index is 1150. The van der Waals surface area contributed by atoms with Crippen LogP contribution in [0.25, 0.3) is 17.0 Å². The van der Waals surface area contributed by atoms with Crippen LogP contribution < -0.4 is 5.56 Å². The van der Waals surface area contributed by atoms with Gasteiger partial charge in [0, 0.05) is 27.7 Å². The number of nitrogens with one attached hydrogen (secondary N) is 1. The molecule has 1 amide bonds. The second-order valence-electron chi connectivity index (χ2n) is 6.43. The Morgan fingerprint density at radius 1 is 1.31 bits per heavy atom. The summed E-state index contributed by atoms with van der Waals surface area (Å²) in [5.41, 5.74) is 0.472. The Kier molecular flexibility index (Phi) is 6.82. The van der Waals surface area contributed by atoms with Crippen molar-refractivity contribution < 1.29 is 9.18 Å². The van der Waals surface area contributed by atoms with Crippen LogP contribution in [-0.4, -0.2) is 27.3 Å². The average molecular weight is 479 g/mol. The van der Waals surface area contributed by atoms with Gasteiger partial charge in [0.2, 0.25) is 5.91 Å². The Hall–Kier alpha value is -2.51. The highest BCUT2D eigenvalue weighted by Crippen LogP contribution is 2.17. The minimum absolute atomic E-state index is 0.121. The van der Waals surface area contributed by atoms with Crippen LogP contribution in [-0.2, 0) is 11.3 Å². The van der Waals surface area contributed by atoms with Gasteiger partial charge in [-0.1, -0.05) is 34.5 Å². The largest absolute Gasteiger partial charge is 0.332 e. The highest BCUT2D eigenvalue weighted by atomic mass is 79.9. The first kappa shape index (κ1) is 21.2. The zero-order valence-corrected chi connectivity index (χ0v) is 17.9. The Labute approximate surface area is 180 Å². The number of H-pyrrole nitrogens is 1. The number of hydrogen-bond acceptors (Lipinski definition) is 3. The number of aromatic amines is 1. The van der Waals surface area contributed by atoms with E-state index >= 15 is 0 Å². The third kappa shape index (κ3) is 5.31. The zero-order valence-electron chi connectivity index (χ0n) is 15.6. The van der Waals surface area contributed by atoms with Gasteiger partial charge in [-0.25, -0.2) is 9.37 Å². The summed E-state index contributed by atoms with van der Waals surface area (Å²) < 4.78 is 14.6. The molecule has 3 aromatic rings. The van der Waals surface area contributed by atoms with Crippen molar-refractivity contribution in [3.63, 3.8) is 0 Å². The molecule has 0 aliphatic rings. The topological polar surface area (TPSA) is 66.1 Å². The minimum Gasteiger partial charge on any atom is -0.332 e. The number of carbonyl (C=O) groups excluding carboxylic acids is 1. The highest BCUT2D eigenvalue weighted by molar-refractivity contribution is 9.10. The first-order valence-electron chi connectivity index (χ1n) is 8.98. The van der Waals surface area contributed by atoms with Crippen LogP contribution in [0, 0.1) is 5.82 Å². The molecule has 29 heavy (non-hydrogen) atoms. The van der Waals surface area contributed by atoms with Crippen LogP contribution in [0.1, 0.15) is 24.7 Å². The van der Waals surface area contributed by atoms with Gasteiger partial charge in [-0.3, -0.25) is 9.59 Å². The molecule has 0 aliphatic heterocycles. The van der Waals surface area contributed by atoms with Crippen LogP contribution in [0.4, 0.5) is 4.39 Å². The molecule has 0 saturated carbocycles. The van der Waals surface area contributed by atoms with Gasteiger partial charge in [0.05, 0.1) is 17.4 Å². The molecule has 1 N–H and O–H groups in total. The second-order valence-corrected chi connectivity index (χ2v) is 7.79. The van der Waals surface area contributed by atoms with Gasteiger partial charge in [-0.05, 0) is 48.9 Å². The van der Waals surface area contributed by atoms with E-state index in [4.69, 9.17) is 11.6 Å². The number of hydrogen-bond donors (Lipinski definition) is 1. The lowest BCUT2D eigenvalue weighted by atomic mass is 10.2. The molecule has 0 spiro atoms. The predicted octanol–water partition coefficient (Wildman–Crippen LogP) is 4.93. The third-order valence-electron chi connectivity index (χ3n) is 4.23. The Morgan fingerprint density at radius 3 is 2.86 bits per heavy atom. The normalized spacial score (nSPS) is 11.3. The van der Waals surface area contributed by atoms with Crippen molar-refractivity contribution in [3.8, 4) is 0 Å². The van der Waals surface area contributed by atoms with E-state index in [-0.39, 0.29) is 18.0 Å². The van der Waals surface area contributed by atoms with Gasteiger partial charge in [-0.15, -0.1) is 0 Å². The highest BCUT2D eigenvalue weighted by Gasteiger charge is 2.14. The van der Waals surface area contributed by atoms with Gasteiger partial charge in [0.15, 0.2) is 0 Å². The molecular formula is C21H18BrClFN3O2. The fourth-order valence-electron chi connectivity index (χ4n) is 2.86. The monoisotopic (exact) mass is 477 g/mol. The SMILES string of the molecule is CCCN(Cc1nc2cc(Cl)ccc2c(=O)[nH]1)C(=O)/C=C/c1cc(Br)ccc1F. The lowest BCUT2D eigenvalue weighted by Crippen LogP contribution is -2.31. The van der Waals surface area contributed by atoms with Gasteiger partial charge >= 0.3 is 0 Å². The van der Waals surface area contributed by atoms with Crippen molar-refractivity contribution >= 4 is 50.4 Å². The molecule has 1 aromatic heterocycles. The molecule has 0 atom stereocenters. The summed E-state index contributed by atoms with van der Waals surface area (Å²) in [6.45, 7) is 2.52. The molecule has 0 radical (unpaired) electrons. The van der Waals surface area contributed by atoms with Crippen molar-refractivity contribution in [1.29, 1.82) is 0 Å². The van der Waals surface area contributed by atoms with Crippen molar-refractivity contribution in [1.82, 2.24) is 14.9 Å². The zero-order chi connectivity index (χ0) is 21.0. The van der Waals surface area contributed by atoms with Crippen molar-refractivity contribution in [3.05, 3.63) is 79.5 Å². The summed E-state index contributed by atoms with van der Waals surface area (Å²) in [5, 5.41) is 0.901. The summed E-state index contributed by atoms with van der Waals surface area (Å²) in [5.74, 6) is -0.370. The molecule has 3 rings (SSSR count). The van der Waals surface area contributed by atoms with Gasteiger partial charge < -0.3 is 9.88 Å². The summed E-state index contributed by atoms with van der Waals surface area (Å²) in [7, 11) is 0. The molecular weight excluding hydrogens is 461 g/mol. The summed E-state index contributed by atoms with van der Waals surface area (Å²) in [4.78, 5) is 33.6. The summed E-state index contributed by atoms with van der Waals surface area (Å²) >= 11 is 9.28. The van der Waals surface area contributed by atoms with E-state index in [2.05, 4.69) is 25.9 Å². The number of rotatable bonds is 6. The molecule has 0 saturated heterocycles. The summed E-state index contributed by atoms with van der Waals surface area (Å²) in [6, 6.07) is 9.35. The van der Waals surface area contributed by atoms with Gasteiger partial charge in [0.25, 0.3) is 5.56 Å². The van der Waals surface area contributed by atoms with Gasteiger partial charge in [-0.2, -0.15) is 0 Å². The minimum atomic E-state index is -0.420. The van der Waals surface area contributed by atoms with Crippen molar-refractivity contribution in [2.75, 3.05) is 6.54 Å². The molecule has 0 unspecified atom stereocenters. The maximum absolute atomic E-state index is 13.9. The number of fused-ring (bicyclic) bond motifs is 1. The average Bonchev–Trinajstić information content (AvgIpc) is 2.67. The van der Waals surface area contributed by atoms with E-state index in [1.54, 1.807) is 35.2 Å². The van der Waals surface area contributed by atoms with E-state index in [0.29, 0.717) is 44.8 Å². The molecule has 0 fully saturated rings. The molecule has 150 valence electrons. The first-order valence-corrected chi connectivity index (χ1v) is 10.1. The molecule has 5 nitrogen and oxygen atoms in total. The molecule has 2 aromatic carbocycles. The number of benzene rings is 2. The molecule has 1 heterocycles. The second kappa shape index (κ2) is 9.33. The van der Waals surface area contributed by atoms with E-state index in [9.17, 15) is 14.0 Å². The fraction of sp³-hybridized carbons (Fsp3) is 0.190. The molecule has 0 aliphatic carbocycles. The quantitative estimate of drug-likeness (QED) is 0.511. The van der Waals surface area contributed by atoms with E-state index < -0.39 is 5.82 Å². The van der Waals surface area contributed by atoms with Crippen LogP contribution in [0.3, 0.4) is 0 Å². The lowest BCUT2D eigenvalue weighted by Gasteiger charge is -2.20. The number of halogens is 3. The van der Waals surface area contributed by atoms with E-state index in [1.165, 1.54) is 18.2 Å². The molecule has 8 heteroatoms. The Balaban J connectivity index is 1.85. The standard InChI is InChI=1S/C21H18BrClFN3O2/c1-2-9-27(20(28)8-3-13-10-14(22)4-7-17(13)24)12-19-25-18-11-15(23)5-6-16(18)21(29)26-19/h3-8,10-11H,2,9,12H2,1H3,(H,25,26,29)/b8-3+. The summed E-state index contributed by atoms with van der Waals surface area (Å²) in [6.07, 6.45) is 3.46. The molecule has 0 bridgehead atoms. The van der Waals surface area contributed by atoms with E-state index in [1.807, 2.05) is 6.92 Å². The van der Waals surface area contributed by atoms with Crippen molar-refractivity contribution in [2.24, 2.45) is 0 Å². The lowest BCUT2D eigenvalue weighted by molar-refractivity contribution is -0.126. The van der Waals surface area contributed by atoms with Crippen molar-refractivity contribution in [2.45, 2.75) is 19.9 Å². The van der Waals surface area contributed by atoms with E-state index in [0.717, 1.165) is 0 Å². The van der Waals surface area contributed by atoms with Crippen LogP contribution in [0.5, 0.6) is 0 Å². The predicted molar refractivity (Wildman–Crippen MR) is 116 cm³/mol. The van der Waals surface area contributed by atoms with Crippen LogP contribution in [0.2, 0.25) is 5.02 Å². The number of amides is 1. The fourth-order valence-corrected chi connectivity index (χ4v) is 3.41. The number of nitrogens with zero attached hydrogens (tertiary/aromatic N) is 2.